The van der Waals surface area contributed by atoms with Gasteiger partial charge in [0.2, 0.25) is 0 Å². The lowest BCUT2D eigenvalue weighted by Crippen LogP contribution is -2.40. The summed E-state index contributed by atoms with van der Waals surface area (Å²) in [6.07, 6.45) is 5.72. The first kappa shape index (κ1) is 28.5. The van der Waals surface area contributed by atoms with Crippen molar-refractivity contribution in [1.29, 1.82) is 0 Å². The van der Waals surface area contributed by atoms with E-state index < -0.39 is 27.4 Å². The maximum absolute atomic E-state index is 14.6. The summed E-state index contributed by atoms with van der Waals surface area (Å²) in [5.41, 5.74) is 1.89. The van der Waals surface area contributed by atoms with Gasteiger partial charge in [-0.3, -0.25) is 4.79 Å². The third kappa shape index (κ3) is 5.47. The molecule has 0 aliphatic heterocycles. The van der Waals surface area contributed by atoms with Gasteiger partial charge in [0.05, 0.1) is 27.1 Å². The monoisotopic (exact) mass is 603 g/mol. The molecule has 1 aromatic heterocycles. The van der Waals surface area contributed by atoms with Crippen molar-refractivity contribution in [1.82, 2.24) is 4.90 Å². The van der Waals surface area contributed by atoms with E-state index in [0.717, 1.165) is 55.6 Å². The minimum atomic E-state index is -3.49. The zero-order chi connectivity index (χ0) is 28.6. The van der Waals surface area contributed by atoms with Crippen LogP contribution in [-0.4, -0.2) is 38.6 Å². The van der Waals surface area contributed by atoms with Gasteiger partial charge in [0.25, 0.3) is 5.91 Å². The molecule has 40 heavy (non-hydrogen) atoms. The molecule has 5 rings (SSSR count). The van der Waals surface area contributed by atoms with Crippen LogP contribution in [0.25, 0.3) is 21.2 Å². The van der Waals surface area contributed by atoms with Gasteiger partial charge in [0.1, 0.15) is 22.3 Å². The Morgan fingerprint density at radius 2 is 1.75 bits per heavy atom. The van der Waals surface area contributed by atoms with Crippen LogP contribution in [0, 0.1) is 11.6 Å². The molecule has 0 N–H and O–H groups in total. The van der Waals surface area contributed by atoms with Gasteiger partial charge in [-0.15, -0.1) is 11.3 Å². The third-order valence-corrected chi connectivity index (χ3v) is 10.2. The molecule has 10 heteroatoms. The topological polar surface area (TPSA) is 63.7 Å². The molecule has 0 spiro atoms. The zero-order valence-corrected chi connectivity index (χ0v) is 24.4. The Morgan fingerprint density at radius 1 is 1.05 bits per heavy atom. The highest BCUT2D eigenvalue weighted by atomic mass is 35.5. The van der Waals surface area contributed by atoms with E-state index in [2.05, 4.69) is 0 Å². The summed E-state index contributed by atoms with van der Waals surface area (Å²) in [7, 11) is -1.96. The summed E-state index contributed by atoms with van der Waals surface area (Å²) in [5, 5.41) is -0.179. The molecule has 0 atom stereocenters. The number of ether oxygens (including phenoxy) is 1. The van der Waals surface area contributed by atoms with Crippen LogP contribution < -0.4 is 4.74 Å². The van der Waals surface area contributed by atoms with Gasteiger partial charge in [0.15, 0.2) is 9.84 Å². The number of sulfone groups is 1. The van der Waals surface area contributed by atoms with Crippen LogP contribution in [0.15, 0.2) is 59.5 Å². The molecule has 1 aliphatic carbocycles. The van der Waals surface area contributed by atoms with Crippen LogP contribution in [0.1, 0.15) is 47.3 Å². The first-order chi connectivity index (χ1) is 19.1. The van der Waals surface area contributed by atoms with Gasteiger partial charge < -0.3 is 9.64 Å². The quantitative estimate of drug-likeness (QED) is 0.215. The van der Waals surface area contributed by atoms with Crippen molar-refractivity contribution in [2.45, 2.75) is 49.6 Å². The Bertz CT molecular complexity index is 1700. The van der Waals surface area contributed by atoms with Crippen molar-refractivity contribution >= 4 is 48.8 Å². The van der Waals surface area contributed by atoms with E-state index in [0.29, 0.717) is 22.4 Å². The Morgan fingerprint density at radius 3 is 2.42 bits per heavy atom. The van der Waals surface area contributed by atoms with E-state index in [4.69, 9.17) is 16.3 Å². The fourth-order valence-electron chi connectivity index (χ4n) is 5.41. The Kier molecular flexibility index (Phi) is 8.17. The van der Waals surface area contributed by atoms with E-state index in [1.54, 1.807) is 41.3 Å². The molecule has 4 aromatic rings. The van der Waals surface area contributed by atoms with Crippen molar-refractivity contribution < 1.29 is 26.7 Å². The number of thiophene rings is 1. The number of hydrogen-bond acceptors (Lipinski definition) is 5. The van der Waals surface area contributed by atoms with Gasteiger partial charge in [-0.1, -0.05) is 55.1 Å². The van der Waals surface area contributed by atoms with Gasteiger partial charge in [-0.2, -0.15) is 0 Å². The molecular weight excluding hydrogens is 576 g/mol. The molecule has 0 bridgehead atoms. The fourth-order valence-corrected chi connectivity index (χ4v) is 7.82. The number of fused-ring (bicyclic) bond motifs is 1. The smallest absolute Gasteiger partial charge is 0.266 e. The highest BCUT2D eigenvalue weighted by molar-refractivity contribution is 7.90. The average molecular weight is 604 g/mol. The Hall–Kier alpha value is -3.01. The number of benzene rings is 3. The molecule has 5 nitrogen and oxygen atoms in total. The summed E-state index contributed by atoms with van der Waals surface area (Å²) in [6, 6.07) is 14.1. The number of carbonyl (C=O) groups is 1. The number of amides is 1. The minimum Gasteiger partial charge on any atom is -0.496 e. The van der Waals surface area contributed by atoms with Crippen LogP contribution in [0.4, 0.5) is 8.78 Å². The lowest BCUT2D eigenvalue weighted by atomic mass is 9.93. The summed E-state index contributed by atoms with van der Waals surface area (Å²) >= 11 is 7.37. The molecule has 1 heterocycles. The van der Waals surface area contributed by atoms with Crippen molar-refractivity contribution in [3.8, 4) is 16.9 Å². The predicted molar refractivity (Wildman–Crippen MR) is 155 cm³/mol. The van der Waals surface area contributed by atoms with Crippen molar-refractivity contribution in [2.24, 2.45) is 0 Å². The molecule has 0 saturated heterocycles. The highest BCUT2D eigenvalue weighted by Gasteiger charge is 2.31. The summed E-state index contributed by atoms with van der Waals surface area (Å²) < 4.78 is 59.7. The molecule has 1 saturated carbocycles. The normalized spacial score (nSPS) is 14.4. The molecule has 3 aromatic carbocycles. The first-order valence-corrected chi connectivity index (χ1v) is 16.0. The average Bonchev–Trinajstić information content (AvgIpc) is 3.31. The molecule has 0 unspecified atom stereocenters. The van der Waals surface area contributed by atoms with Gasteiger partial charge >= 0.3 is 0 Å². The Balaban J connectivity index is 1.60. The Labute approximate surface area is 241 Å². The van der Waals surface area contributed by atoms with Crippen molar-refractivity contribution in [2.75, 3.05) is 13.4 Å². The SMILES string of the molecule is COc1ccc(-c2ccccc2S(C)(=O)=O)cc1CN(C(=O)c1sc2c(F)ccc(F)c2c1Cl)C1CCCCC1. The molecule has 0 radical (unpaired) electrons. The molecule has 210 valence electrons. The zero-order valence-electron chi connectivity index (χ0n) is 22.0. The molecule has 1 aliphatic rings. The van der Waals surface area contributed by atoms with E-state index in [9.17, 15) is 22.0 Å². The van der Waals surface area contributed by atoms with E-state index in [1.807, 2.05) is 6.07 Å². The molecule has 1 amide bonds. The third-order valence-electron chi connectivity index (χ3n) is 7.37. The number of rotatable bonds is 7. The van der Waals surface area contributed by atoms with Crippen LogP contribution in [-0.2, 0) is 16.4 Å². The second-order valence-corrected chi connectivity index (χ2v) is 13.4. The minimum absolute atomic E-state index is 0.00824. The van der Waals surface area contributed by atoms with Crippen LogP contribution in [0.3, 0.4) is 0 Å². The van der Waals surface area contributed by atoms with E-state index >= 15 is 0 Å². The summed E-state index contributed by atoms with van der Waals surface area (Å²) in [6.45, 7) is 0.150. The molecule has 1 fully saturated rings. The lowest BCUT2D eigenvalue weighted by molar-refractivity contribution is 0.0618. The van der Waals surface area contributed by atoms with E-state index in [-0.39, 0.29) is 37.5 Å². The number of hydrogen-bond donors (Lipinski definition) is 0. The van der Waals surface area contributed by atoms with Crippen molar-refractivity contribution in [3.63, 3.8) is 0 Å². The van der Waals surface area contributed by atoms with E-state index in [1.165, 1.54) is 13.4 Å². The number of halogens is 3. The largest absolute Gasteiger partial charge is 0.496 e. The van der Waals surface area contributed by atoms with Crippen LogP contribution in [0.5, 0.6) is 5.75 Å². The first-order valence-electron chi connectivity index (χ1n) is 12.9. The van der Waals surface area contributed by atoms with Crippen molar-refractivity contribution in [3.05, 3.63) is 81.7 Å². The lowest BCUT2D eigenvalue weighted by Gasteiger charge is -2.34. The van der Waals surface area contributed by atoms with Crippen LogP contribution >= 0.6 is 22.9 Å². The maximum Gasteiger partial charge on any atom is 0.266 e. The van der Waals surface area contributed by atoms with Gasteiger partial charge in [-0.25, -0.2) is 17.2 Å². The number of methoxy groups -OCH3 is 1. The summed E-state index contributed by atoms with van der Waals surface area (Å²) in [4.78, 5) is 16.1. The fraction of sp³-hybridized carbons (Fsp3) is 0.300. The van der Waals surface area contributed by atoms with Gasteiger partial charge in [-0.05, 0) is 48.7 Å². The second-order valence-electron chi connectivity index (χ2n) is 10.00. The predicted octanol–water partition coefficient (Wildman–Crippen LogP) is 7.89. The number of carbonyl (C=O) groups excluding carboxylic acids is 1. The maximum atomic E-state index is 14.6. The van der Waals surface area contributed by atoms with Gasteiger partial charge in [0, 0.05) is 30.0 Å². The standard InChI is InChI=1S/C30H28ClF2NO4S2/c1-38-24-15-12-18(21-10-6-7-11-25(21)40(2,36)37)16-19(24)17-34(20-8-4-3-5-9-20)30(35)29-27(31)26-22(32)13-14-23(33)28(26)39-29/h6-7,10-16,20H,3-5,8-9,17H2,1-2H3. The second kappa shape index (κ2) is 11.5. The highest BCUT2D eigenvalue weighted by Crippen LogP contribution is 2.41. The molecular formula is C30H28ClF2NO4S2. The van der Waals surface area contributed by atoms with Crippen LogP contribution in [0.2, 0.25) is 5.02 Å². The summed E-state index contributed by atoms with van der Waals surface area (Å²) in [5.74, 6) is -1.18. The number of nitrogens with zero attached hydrogens (tertiary/aromatic N) is 1.